The molecule has 5 heteroatoms. The van der Waals surface area contributed by atoms with Crippen molar-refractivity contribution in [2.45, 2.75) is 26.8 Å². The summed E-state index contributed by atoms with van der Waals surface area (Å²) in [6, 6.07) is 1.90. The summed E-state index contributed by atoms with van der Waals surface area (Å²) in [5.74, 6) is -0.852. The highest BCUT2D eigenvalue weighted by Crippen LogP contribution is 2.06. The average molecular weight is 220 g/mol. The molecule has 0 spiro atoms. The van der Waals surface area contributed by atoms with E-state index in [-0.39, 0.29) is 5.91 Å². The van der Waals surface area contributed by atoms with Crippen LogP contribution in [0.1, 0.15) is 25.1 Å². The van der Waals surface area contributed by atoms with Crippen molar-refractivity contribution < 1.29 is 4.79 Å². The zero-order valence-corrected chi connectivity index (χ0v) is 9.82. The Kier molecular flexibility index (Phi) is 4.06. The van der Waals surface area contributed by atoms with E-state index < -0.39 is 5.92 Å². The minimum absolute atomic E-state index is 0.242. The third-order valence-corrected chi connectivity index (χ3v) is 2.37. The highest BCUT2D eigenvalue weighted by molar-refractivity contribution is 5.80. The van der Waals surface area contributed by atoms with Crippen LogP contribution in [0.4, 0.5) is 0 Å². The van der Waals surface area contributed by atoms with Gasteiger partial charge in [0.15, 0.2) is 0 Å². The molecule has 1 amide bonds. The number of amides is 1. The maximum Gasteiger partial charge on any atom is 0.237 e. The summed E-state index contributed by atoms with van der Waals surface area (Å²) in [5.41, 5.74) is 1.98. The number of carbonyl (C=O) groups is 1. The lowest BCUT2D eigenvalue weighted by molar-refractivity contribution is -0.123. The Morgan fingerprint density at radius 1 is 1.75 bits per heavy atom. The van der Waals surface area contributed by atoms with Crippen LogP contribution in [0.2, 0.25) is 0 Å². The number of rotatable bonds is 4. The van der Waals surface area contributed by atoms with Crippen molar-refractivity contribution in [3.05, 3.63) is 17.5 Å². The number of carbonyl (C=O) groups excluding carboxylic acids is 1. The van der Waals surface area contributed by atoms with Crippen LogP contribution in [0, 0.1) is 17.2 Å². The molecule has 1 aromatic rings. The Morgan fingerprint density at radius 3 is 3.00 bits per heavy atom. The highest BCUT2D eigenvalue weighted by atomic mass is 16.1. The van der Waals surface area contributed by atoms with Crippen LogP contribution < -0.4 is 5.32 Å². The molecule has 0 saturated carbocycles. The van der Waals surface area contributed by atoms with E-state index in [4.69, 9.17) is 5.26 Å². The predicted octanol–water partition coefficient (Wildman–Crippen LogP) is 0.758. The number of nitriles is 1. The van der Waals surface area contributed by atoms with Gasteiger partial charge in [0.1, 0.15) is 5.92 Å². The molecule has 0 aliphatic rings. The van der Waals surface area contributed by atoms with E-state index in [1.54, 1.807) is 11.6 Å². The Labute approximate surface area is 95.1 Å². The SMILES string of the molecule is CCc1nn(C)cc1CNC(=O)C(C)C#N. The van der Waals surface area contributed by atoms with Crippen LogP contribution in [-0.4, -0.2) is 15.7 Å². The normalized spacial score (nSPS) is 11.9. The smallest absolute Gasteiger partial charge is 0.237 e. The molecule has 86 valence electrons. The first-order valence-electron chi connectivity index (χ1n) is 5.27. The van der Waals surface area contributed by atoms with Gasteiger partial charge >= 0.3 is 0 Å². The van der Waals surface area contributed by atoms with Crippen molar-refractivity contribution in [2.24, 2.45) is 13.0 Å². The molecular weight excluding hydrogens is 204 g/mol. The molecular formula is C11H16N4O. The Morgan fingerprint density at radius 2 is 2.44 bits per heavy atom. The molecule has 1 rings (SSSR count). The van der Waals surface area contributed by atoms with Crippen molar-refractivity contribution >= 4 is 5.91 Å². The number of hydrogen-bond acceptors (Lipinski definition) is 3. The Hall–Kier alpha value is -1.83. The lowest BCUT2D eigenvalue weighted by atomic mass is 10.1. The summed E-state index contributed by atoms with van der Waals surface area (Å²) in [6.45, 7) is 4.03. The molecule has 5 nitrogen and oxygen atoms in total. The van der Waals surface area contributed by atoms with Gasteiger partial charge in [0, 0.05) is 25.4 Å². The number of aryl methyl sites for hydroxylation is 2. The molecule has 0 bridgehead atoms. The highest BCUT2D eigenvalue weighted by Gasteiger charge is 2.12. The van der Waals surface area contributed by atoms with Gasteiger partial charge in [-0.3, -0.25) is 9.48 Å². The summed E-state index contributed by atoms with van der Waals surface area (Å²) >= 11 is 0. The topological polar surface area (TPSA) is 70.7 Å². The summed E-state index contributed by atoms with van der Waals surface area (Å²) in [4.78, 5) is 11.4. The second-order valence-electron chi connectivity index (χ2n) is 3.70. The van der Waals surface area contributed by atoms with Crippen LogP contribution >= 0.6 is 0 Å². The van der Waals surface area contributed by atoms with E-state index in [1.807, 2.05) is 26.2 Å². The van der Waals surface area contributed by atoms with Gasteiger partial charge in [-0.2, -0.15) is 10.4 Å². The van der Waals surface area contributed by atoms with Gasteiger partial charge in [-0.1, -0.05) is 6.92 Å². The molecule has 0 aromatic carbocycles. The second kappa shape index (κ2) is 5.31. The number of aromatic nitrogens is 2. The van der Waals surface area contributed by atoms with Gasteiger partial charge in [0.25, 0.3) is 0 Å². The van der Waals surface area contributed by atoms with Crippen molar-refractivity contribution in [2.75, 3.05) is 0 Å². The monoisotopic (exact) mass is 220 g/mol. The third kappa shape index (κ3) is 2.83. The summed E-state index contributed by atoms with van der Waals surface area (Å²) in [6.07, 6.45) is 2.72. The quantitative estimate of drug-likeness (QED) is 0.814. The van der Waals surface area contributed by atoms with Crippen molar-refractivity contribution in [1.82, 2.24) is 15.1 Å². The molecule has 0 aliphatic heterocycles. The zero-order chi connectivity index (χ0) is 12.1. The molecule has 0 saturated heterocycles. The van der Waals surface area contributed by atoms with E-state index in [0.29, 0.717) is 6.54 Å². The van der Waals surface area contributed by atoms with E-state index in [2.05, 4.69) is 10.4 Å². The number of nitrogens with one attached hydrogen (secondary N) is 1. The second-order valence-corrected chi connectivity index (χ2v) is 3.70. The fourth-order valence-corrected chi connectivity index (χ4v) is 1.42. The molecule has 16 heavy (non-hydrogen) atoms. The van der Waals surface area contributed by atoms with Crippen molar-refractivity contribution in [1.29, 1.82) is 5.26 Å². The first-order chi connectivity index (χ1) is 7.58. The lowest BCUT2D eigenvalue weighted by Crippen LogP contribution is -2.28. The molecule has 0 fully saturated rings. The fourth-order valence-electron chi connectivity index (χ4n) is 1.42. The summed E-state index contributed by atoms with van der Waals surface area (Å²) in [5, 5.41) is 15.6. The van der Waals surface area contributed by atoms with Crippen molar-refractivity contribution in [3.8, 4) is 6.07 Å². The molecule has 1 N–H and O–H groups in total. The standard InChI is InChI=1S/C11H16N4O/c1-4-10-9(7-15(3)14-10)6-13-11(16)8(2)5-12/h7-8H,4,6H2,1-3H3,(H,13,16). The van der Waals surface area contributed by atoms with Crippen LogP contribution in [0.5, 0.6) is 0 Å². The van der Waals surface area contributed by atoms with Gasteiger partial charge < -0.3 is 5.32 Å². The first kappa shape index (κ1) is 12.2. The van der Waals surface area contributed by atoms with Gasteiger partial charge in [-0.25, -0.2) is 0 Å². The molecule has 1 atom stereocenters. The number of hydrogen-bond donors (Lipinski definition) is 1. The molecule has 1 aromatic heterocycles. The number of nitrogens with zero attached hydrogens (tertiary/aromatic N) is 3. The van der Waals surface area contributed by atoms with Gasteiger partial charge in [-0.05, 0) is 13.3 Å². The molecule has 1 unspecified atom stereocenters. The maximum atomic E-state index is 11.4. The van der Waals surface area contributed by atoms with Crippen LogP contribution in [0.25, 0.3) is 0 Å². The van der Waals surface area contributed by atoms with E-state index in [0.717, 1.165) is 17.7 Å². The fraction of sp³-hybridized carbons (Fsp3) is 0.545. The molecule has 0 radical (unpaired) electrons. The van der Waals surface area contributed by atoms with Crippen LogP contribution in [0.15, 0.2) is 6.20 Å². The van der Waals surface area contributed by atoms with Crippen LogP contribution in [-0.2, 0) is 24.8 Å². The van der Waals surface area contributed by atoms with E-state index >= 15 is 0 Å². The first-order valence-corrected chi connectivity index (χ1v) is 5.27. The van der Waals surface area contributed by atoms with E-state index in [9.17, 15) is 4.79 Å². The Balaban J connectivity index is 2.61. The van der Waals surface area contributed by atoms with Crippen LogP contribution in [0.3, 0.4) is 0 Å². The Bertz CT molecular complexity index is 416. The molecule has 1 heterocycles. The maximum absolute atomic E-state index is 11.4. The lowest BCUT2D eigenvalue weighted by Gasteiger charge is -2.05. The zero-order valence-electron chi connectivity index (χ0n) is 9.82. The van der Waals surface area contributed by atoms with Crippen molar-refractivity contribution in [3.63, 3.8) is 0 Å². The predicted molar refractivity (Wildman–Crippen MR) is 59.2 cm³/mol. The third-order valence-electron chi connectivity index (χ3n) is 2.37. The summed E-state index contributed by atoms with van der Waals surface area (Å²) in [7, 11) is 1.85. The average Bonchev–Trinajstić information content (AvgIpc) is 2.65. The minimum atomic E-state index is -0.609. The van der Waals surface area contributed by atoms with Gasteiger partial charge in [-0.15, -0.1) is 0 Å². The largest absolute Gasteiger partial charge is 0.351 e. The molecule has 0 aliphatic carbocycles. The summed E-state index contributed by atoms with van der Waals surface area (Å²) < 4.78 is 1.73. The van der Waals surface area contributed by atoms with Gasteiger partial charge in [0.05, 0.1) is 11.8 Å². The van der Waals surface area contributed by atoms with E-state index in [1.165, 1.54) is 0 Å². The minimum Gasteiger partial charge on any atom is -0.351 e. The van der Waals surface area contributed by atoms with Gasteiger partial charge in [0.2, 0.25) is 5.91 Å².